The molecule has 0 radical (unpaired) electrons. The Hall–Kier alpha value is -4.08. The number of hydrogen-bond acceptors (Lipinski definition) is 7. The van der Waals surface area contributed by atoms with Gasteiger partial charge in [0.1, 0.15) is 5.75 Å². The Labute approximate surface area is 207 Å². The average Bonchev–Trinajstić information content (AvgIpc) is 3.37. The quantitative estimate of drug-likeness (QED) is 0.206. The van der Waals surface area contributed by atoms with E-state index in [4.69, 9.17) is 4.74 Å². The Kier molecular flexibility index (Phi) is 6.03. The first kappa shape index (κ1) is 23.7. The molecule has 0 aromatic heterocycles. The van der Waals surface area contributed by atoms with E-state index in [1.807, 2.05) is 0 Å². The summed E-state index contributed by atoms with van der Waals surface area (Å²) in [5.74, 6) is -2.55. The van der Waals surface area contributed by atoms with Crippen molar-refractivity contribution in [1.29, 1.82) is 0 Å². The minimum Gasteiger partial charge on any atom is -0.426 e. The van der Waals surface area contributed by atoms with Gasteiger partial charge in [-0.15, -0.1) is 0 Å². The van der Waals surface area contributed by atoms with Gasteiger partial charge in [-0.25, -0.2) is 4.90 Å². The third kappa shape index (κ3) is 4.12. The first-order valence-electron chi connectivity index (χ1n) is 12.0. The summed E-state index contributed by atoms with van der Waals surface area (Å²) in [5.41, 5.74) is 1.08. The molecule has 2 aliphatic heterocycles. The van der Waals surface area contributed by atoms with Gasteiger partial charge in [-0.1, -0.05) is 25.0 Å². The van der Waals surface area contributed by atoms with Crippen LogP contribution in [0.4, 0.5) is 17.1 Å². The van der Waals surface area contributed by atoms with Crippen molar-refractivity contribution in [1.82, 2.24) is 0 Å². The van der Waals surface area contributed by atoms with Gasteiger partial charge in [0.25, 0.3) is 5.69 Å². The number of hydrogen-bond donors (Lipinski definition) is 0. The molecule has 3 fully saturated rings. The van der Waals surface area contributed by atoms with Crippen LogP contribution in [-0.2, 0) is 19.2 Å². The number of aryl methyl sites for hydroxylation is 1. The zero-order valence-corrected chi connectivity index (χ0v) is 19.7. The minimum atomic E-state index is -0.764. The molecule has 2 saturated heterocycles. The lowest BCUT2D eigenvalue weighted by molar-refractivity contribution is -0.385. The molecule has 36 heavy (non-hydrogen) atoms. The van der Waals surface area contributed by atoms with Crippen molar-refractivity contribution in [3.05, 3.63) is 58.1 Å². The number of anilines is 2. The van der Waals surface area contributed by atoms with Crippen molar-refractivity contribution < 1.29 is 28.8 Å². The number of ether oxygens (including phenoxy) is 1. The molecular weight excluding hydrogens is 466 g/mol. The van der Waals surface area contributed by atoms with Gasteiger partial charge in [-0.05, 0) is 38.0 Å². The summed E-state index contributed by atoms with van der Waals surface area (Å²) >= 11 is 0. The third-order valence-corrected chi connectivity index (χ3v) is 7.29. The molecule has 186 valence electrons. The molecule has 0 bridgehead atoms. The Morgan fingerprint density at radius 2 is 1.69 bits per heavy atom. The van der Waals surface area contributed by atoms with Crippen molar-refractivity contribution >= 4 is 40.8 Å². The number of esters is 1. The van der Waals surface area contributed by atoms with E-state index >= 15 is 0 Å². The number of nitro groups is 1. The summed E-state index contributed by atoms with van der Waals surface area (Å²) in [6.45, 7) is 1.64. The van der Waals surface area contributed by atoms with Crippen LogP contribution in [-0.4, -0.2) is 35.2 Å². The SMILES string of the molecule is Cc1ccc(N2C[C@H](C(=O)Oc3cccc(N4C(=O)[C@H]5CCCC[C@H]5C4=O)c3)CC2=O)cc1[N+](=O)[O-]. The largest absolute Gasteiger partial charge is 0.426 e. The van der Waals surface area contributed by atoms with Crippen molar-refractivity contribution in [2.45, 2.75) is 39.0 Å². The predicted molar refractivity (Wildman–Crippen MR) is 128 cm³/mol. The number of amides is 3. The Morgan fingerprint density at radius 1 is 1.00 bits per heavy atom. The summed E-state index contributed by atoms with van der Waals surface area (Å²) in [5, 5.41) is 11.3. The van der Waals surface area contributed by atoms with Crippen LogP contribution in [0.1, 0.15) is 37.7 Å². The van der Waals surface area contributed by atoms with E-state index in [9.17, 15) is 29.3 Å². The van der Waals surface area contributed by atoms with Crippen molar-refractivity contribution in [3.63, 3.8) is 0 Å². The van der Waals surface area contributed by atoms with E-state index in [1.54, 1.807) is 37.3 Å². The summed E-state index contributed by atoms with van der Waals surface area (Å²) in [7, 11) is 0. The third-order valence-electron chi connectivity index (χ3n) is 7.29. The molecule has 10 heteroatoms. The van der Waals surface area contributed by atoms with Crippen LogP contribution < -0.4 is 14.5 Å². The van der Waals surface area contributed by atoms with Crippen LogP contribution in [0.2, 0.25) is 0 Å². The van der Waals surface area contributed by atoms with Gasteiger partial charge < -0.3 is 9.64 Å². The molecule has 2 aromatic rings. The molecular formula is C26H25N3O7. The fraction of sp³-hybridized carbons (Fsp3) is 0.385. The summed E-state index contributed by atoms with van der Waals surface area (Å²) in [4.78, 5) is 64.6. The van der Waals surface area contributed by atoms with Crippen LogP contribution >= 0.6 is 0 Å². The maximum atomic E-state index is 12.9. The molecule has 3 aliphatic rings. The lowest BCUT2D eigenvalue weighted by atomic mass is 9.81. The number of nitro benzene ring substituents is 1. The maximum absolute atomic E-state index is 12.9. The number of fused-ring (bicyclic) bond motifs is 1. The second-order valence-electron chi connectivity index (χ2n) is 9.56. The van der Waals surface area contributed by atoms with Gasteiger partial charge in [-0.3, -0.25) is 29.3 Å². The molecule has 3 atom stereocenters. The normalized spacial score (nSPS) is 23.7. The highest BCUT2D eigenvalue weighted by molar-refractivity contribution is 6.22. The lowest BCUT2D eigenvalue weighted by Gasteiger charge is -2.19. The van der Waals surface area contributed by atoms with Gasteiger partial charge in [0.05, 0.1) is 34.1 Å². The summed E-state index contributed by atoms with van der Waals surface area (Å²) in [6.07, 6.45) is 3.18. The summed E-state index contributed by atoms with van der Waals surface area (Å²) < 4.78 is 5.53. The van der Waals surface area contributed by atoms with E-state index in [-0.39, 0.29) is 54.0 Å². The predicted octanol–water partition coefficient (Wildman–Crippen LogP) is 3.54. The molecule has 0 spiro atoms. The Bertz CT molecular complexity index is 1270. The first-order chi connectivity index (χ1) is 17.2. The topological polar surface area (TPSA) is 127 Å². The molecule has 1 saturated carbocycles. The molecule has 5 rings (SSSR count). The Balaban J connectivity index is 1.29. The molecule has 0 N–H and O–H groups in total. The van der Waals surface area contributed by atoms with E-state index in [0.717, 1.165) is 12.8 Å². The number of carbonyl (C=O) groups is 4. The molecule has 2 aromatic carbocycles. The highest BCUT2D eigenvalue weighted by atomic mass is 16.6. The van der Waals surface area contributed by atoms with Crippen molar-refractivity contribution in [2.24, 2.45) is 17.8 Å². The van der Waals surface area contributed by atoms with E-state index < -0.39 is 16.8 Å². The van der Waals surface area contributed by atoms with Gasteiger partial charge in [-0.2, -0.15) is 0 Å². The summed E-state index contributed by atoms with van der Waals surface area (Å²) in [6, 6.07) is 10.8. The minimum absolute atomic E-state index is 0.0318. The highest BCUT2D eigenvalue weighted by Crippen LogP contribution is 2.40. The Morgan fingerprint density at radius 3 is 2.36 bits per heavy atom. The van der Waals surface area contributed by atoms with Crippen LogP contribution in [0.3, 0.4) is 0 Å². The zero-order valence-electron chi connectivity index (χ0n) is 19.7. The number of benzene rings is 2. The van der Waals surface area contributed by atoms with Crippen LogP contribution in [0.25, 0.3) is 0 Å². The zero-order chi connectivity index (χ0) is 25.6. The van der Waals surface area contributed by atoms with Gasteiger partial charge in [0.2, 0.25) is 17.7 Å². The van der Waals surface area contributed by atoms with Crippen molar-refractivity contribution in [2.75, 3.05) is 16.3 Å². The smallest absolute Gasteiger partial charge is 0.316 e. The molecule has 2 heterocycles. The number of rotatable bonds is 5. The maximum Gasteiger partial charge on any atom is 0.316 e. The van der Waals surface area contributed by atoms with Crippen LogP contribution in [0, 0.1) is 34.8 Å². The number of nitrogens with zero attached hydrogens (tertiary/aromatic N) is 3. The highest BCUT2D eigenvalue weighted by Gasteiger charge is 2.48. The second-order valence-corrected chi connectivity index (χ2v) is 9.56. The molecule has 0 unspecified atom stereocenters. The van der Waals surface area contributed by atoms with Crippen molar-refractivity contribution in [3.8, 4) is 5.75 Å². The van der Waals surface area contributed by atoms with Gasteiger partial charge in [0.15, 0.2) is 0 Å². The second kappa shape index (κ2) is 9.18. The standard InChI is InChI=1S/C26H25N3O7/c1-15-9-10-17(13-22(15)29(34)35)27-14-16(11-23(27)30)26(33)36-19-6-4-5-18(12-19)28-24(31)20-7-2-3-8-21(20)25(28)32/h4-6,9-10,12-13,16,20-21H,2-3,7-8,11,14H2,1H3/t16-,20-,21+/m1/s1. The van der Waals surface area contributed by atoms with Gasteiger partial charge in [0, 0.05) is 30.7 Å². The fourth-order valence-corrected chi connectivity index (χ4v) is 5.38. The first-order valence-corrected chi connectivity index (χ1v) is 12.0. The monoisotopic (exact) mass is 491 g/mol. The fourth-order valence-electron chi connectivity index (χ4n) is 5.38. The van der Waals surface area contributed by atoms with E-state index in [0.29, 0.717) is 29.8 Å². The number of carbonyl (C=O) groups excluding carboxylic acids is 4. The van der Waals surface area contributed by atoms with E-state index in [2.05, 4.69) is 0 Å². The molecule has 3 amide bonds. The van der Waals surface area contributed by atoms with Crippen LogP contribution in [0.5, 0.6) is 5.75 Å². The van der Waals surface area contributed by atoms with Crippen LogP contribution in [0.15, 0.2) is 42.5 Å². The van der Waals surface area contributed by atoms with E-state index in [1.165, 1.54) is 21.9 Å². The molecule has 10 nitrogen and oxygen atoms in total. The molecule has 1 aliphatic carbocycles. The average molecular weight is 492 g/mol. The van der Waals surface area contributed by atoms with Gasteiger partial charge >= 0.3 is 5.97 Å². The lowest BCUT2D eigenvalue weighted by Crippen LogP contribution is -2.31. The number of imide groups is 1.